The number of likely N-dealkylation sites (tertiary alicyclic amines) is 2. The summed E-state index contributed by atoms with van der Waals surface area (Å²) in [5, 5.41) is 8.39. The molecule has 7 heteroatoms. The lowest BCUT2D eigenvalue weighted by molar-refractivity contribution is -0.131. The monoisotopic (exact) mass is 468 g/mol. The first kappa shape index (κ1) is 23.8. The smallest absolute Gasteiger partial charge is 0.315 e. The van der Waals surface area contributed by atoms with Crippen LogP contribution in [-0.2, 0) is 11.3 Å². The SMILES string of the molecule is O=C(NCC1CCN(Cc2cccs2)CC1)NC(CN1CCCCCC1=O)c1ccccc1. The summed E-state index contributed by atoms with van der Waals surface area (Å²) in [6, 6.07) is 13.9. The quantitative estimate of drug-likeness (QED) is 0.603. The second-order valence-electron chi connectivity index (χ2n) is 9.27. The van der Waals surface area contributed by atoms with Crippen molar-refractivity contribution in [1.29, 1.82) is 0 Å². The van der Waals surface area contributed by atoms with Crippen LogP contribution in [0, 0.1) is 5.92 Å². The van der Waals surface area contributed by atoms with Crippen LogP contribution in [0.2, 0.25) is 0 Å². The first-order valence-corrected chi connectivity index (χ1v) is 13.2. The van der Waals surface area contributed by atoms with Gasteiger partial charge in [0.2, 0.25) is 5.91 Å². The maximum absolute atomic E-state index is 12.8. The summed E-state index contributed by atoms with van der Waals surface area (Å²) in [7, 11) is 0. The third kappa shape index (κ3) is 7.30. The van der Waals surface area contributed by atoms with Gasteiger partial charge in [-0.05, 0) is 61.7 Å². The molecule has 178 valence electrons. The number of carbonyl (C=O) groups excluding carboxylic acids is 2. The highest BCUT2D eigenvalue weighted by atomic mass is 32.1. The number of carbonyl (C=O) groups is 2. The van der Waals surface area contributed by atoms with E-state index in [9.17, 15) is 9.59 Å². The molecule has 1 atom stereocenters. The minimum Gasteiger partial charge on any atom is -0.340 e. The van der Waals surface area contributed by atoms with E-state index in [1.54, 1.807) is 0 Å². The molecule has 33 heavy (non-hydrogen) atoms. The van der Waals surface area contributed by atoms with Crippen molar-refractivity contribution >= 4 is 23.3 Å². The lowest BCUT2D eigenvalue weighted by Crippen LogP contribution is -2.46. The first-order chi connectivity index (χ1) is 16.2. The van der Waals surface area contributed by atoms with Crippen LogP contribution < -0.4 is 10.6 Å². The summed E-state index contributed by atoms with van der Waals surface area (Å²) in [5.41, 5.74) is 1.03. The van der Waals surface area contributed by atoms with Crippen molar-refractivity contribution in [2.75, 3.05) is 32.7 Å². The number of amides is 3. The van der Waals surface area contributed by atoms with Crippen molar-refractivity contribution in [3.05, 3.63) is 58.3 Å². The van der Waals surface area contributed by atoms with Crippen LogP contribution in [0.25, 0.3) is 0 Å². The Labute approximate surface area is 201 Å². The van der Waals surface area contributed by atoms with E-state index >= 15 is 0 Å². The van der Waals surface area contributed by atoms with Crippen molar-refractivity contribution in [3.8, 4) is 0 Å². The fourth-order valence-corrected chi connectivity index (χ4v) is 5.54. The van der Waals surface area contributed by atoms with Gasteiger partial charge in [-0.25, -0.2) is 4.79 Å². The molecule has 1 aromatic heterocycles. The minimum absolute atomic E-state index is 0.146. The molecule has 0 saturated carbocycles. The predicted molar refractivity (Wildman–Crippen MR) is 133 cm³/mol. The van der Waals surface area contributed by atoms with Gasteiger partial charge in [0.05, 0.1) is 6.04 Å². The summed E-state index contributed by atoms with van der Waals surface area (Å²) in [6.07, 6.45) is 5.92. The van der Waals surface area contributed by atoms with Gasteiger partial charge in [-0.15, -0.1) is 11.3 Å². The molecule has 0 aliphatic carbocycles. The molecular formula is C26H36N4O2S. The van der Waals surface area contributed by atoms with Gasteiger partial charge >= 0.3 is 6.03 Å². The molecule has 1 unspecified atom stereocenters. The molecule has 3 amide bonds. The van der Waals surface area contributed by atoms with E-state index in [-0.39, 0.29) is 18.0 Å². The largest absolute Gasteiger partial charge is 0.340 e. The summed E-state index contributed by atoms with van der Waals surface area (Å²) in [5.74, 6) is 0.711. The van der Waals surface area contributed by atoms with Crippen molar-refractivity contribution in [1.82, 2.24) is 20.4 Å². The summed E-state index contributed by atoms with van der Waals surface area (Å²) in [4.78, 5) is 31.2. The average Bonchev–Trinajstić information content (AvgIpc) is 3.27. The second kappa shape index (κ2) is 12.2. The number of hydrogen-bond donors (Lipinski definition) is 2. The van der Waals surface area contributed by atoms with Crippen LogP contribution in [0.15, 0.2) is 47.8 Å². The Balaban J connectivity index is 1.26. The van der Waals surface area contributed by atoms with E-state index < -0.39 is 0 Å². The highest BCUT2D eigenvalue weighted by Crippen LogP contribution is 2.21. The third-order valence-corrected chi connectivity index (χ3v) is 7.66. The Morgan fingerprint density at radius 1 is 1.03 bits per heavy atom. The minimum atomic E-state index is -0.208. The van der Waals surface area contributed by atoms with Gasteiger partial charge in [0.25, 0.3) is 0 Å². The standard InChI is InChI=1S/C26H36N4O2S/c31-25-11-5-2-6-14-30(25)20-24(22-8-3-1-4-9-22)28-26(32)27-18-21-12-15-29(16-13-21)19-23-10-7-17-33-23/h1,3-4,7-10,17,21,24H,2,5-6,11-16,18-20H2,(H2,27,28,32). The summed E-state index contributed by atoms with van der Waals surface area (Å²) >= 11 is 1.82. The molecular weight excluding hydrogens is 432 g/mol. The van der Waals surface area contributed by atoms with Crippen molar-refractivity contribution in [3.63, 3.8) is 0 Å². The number of urea groups is 1. The maximum atomic E-state index is 12.8. The second-order valence-corrected chi connectivity index (χ2v) is 10.3. The molecule has 3 heterocycles. The van der Waals surface area contributed by atoms with Gasteiger partial charge in [0.15, 0.2) is 0 Å². The van der Waals surface area contributed by atoms with Gasteiger partial charge < -0.3 is 15.5 Å². The fraction of sp³-hybridized carbons (Fsp3) is 0.538. The van der Waals surface area contributed by atoms with Gasteiger partial charge in [-0.1, -0.05) is 42.8 Å². The van der Waals surface area contributed by atoms with Gasteiger partial charge in [0, 0.05) is 37.5 Å². The molecule has 2 aromatic rings. The Morgan fingerprint density at radius 2 is 1.85 bits per heavy atom. The van der Waals surface area contributed by atoms with Crippen LogP contribution in [0.1, 0.15) is 55.0 Å². The van der Waals surface area contributed by atoms with E-state index in [1.807, 2.05) is 46.6 Å². The van der Waals surface area contributed by atoms with E-state index in [1.165, 1.54) is 4.88 Å². The van der Waals surface area contributed by atoms with Crippen LogP contribution in [0.5, 0.6) is 0 Å². The highest BCUT2D eigenvalue weighted by molar-refractivity contribution is 7.09. The zero-order chi connectivity index (χ0) is 22.9. The molecule has 2 saturated heterocycles. The zero-order valence-corrected chi connectivity index (χ0v) is 20.2. The van der Waals surface area contributed by atoms with Crippen LogP contribution in [0.4, 0.5) is 4.79 Å². The van der Waals surface area contributed by atoms with E-state index in [0.717, 1.165) is 63.8 Å². The van der Waals surface area contributed by atoms with Crippen LogP contribution in [-0.4, -0.2) is 54.5 Å². The number of benzene rings is 1. The average molecular weight is 469 g/mol. The molecule has 4 rings (SSSR count). The number of nitrogens with zero attached hydrogens (tertiary/aromatic N) is 2. The fourth-order valence-electron chi connectivity index (χ4n) is 4.79. The molecule has 6 nitrogen and oxygen atoms in total. The van der Waals surface area contributed by atoms with E-state index in [2.05, 4.69) is 33.0 Å². The Bertz CT molecular complexity index is 866. The van der Waals surface area contributed by atoms with Gasteiger partial charge in [0.1, 0.15) is 0 Å². The van der Waals surface area contributed by atoms with Gasteiger partial charge in [-0.3, -0.25) is 9.69 Å². The Hall–Kier alpha value is -2.38. The number of piperidine rings is 1. The van der Waals surface area contributed by atoms with Gasteiger partial charge in [-0.2, -0.15) is 0 Å². The highest BCUT2D eigenvalue weighted by Gasteiger charge is 2.24. The predicted octanol–water partition coefficient (Wildman–Crippen LogP) is 4.40. The molecule has 2 fully saturated rings. The van der Waals surface area contributed by atoms with Crippen molar-refractivity contribution in [2.45, 2.75) is 51.1 Å². The number of rotatable bonds is 8. The Morgan fingerprint density at radius 3 is 2.61 bits per heavy atom. The third-order valence-electron chi connectivity index (χ3n) is 6.80. The molecule has 0 bridgehead atoms. The number of hydrogen-bond acceptors (Lipinski definition) is 4. The molecule has 2 aliphatic heterocycles. The van der Waals surface area contributed by atoms with Crippen molar-refractivity contribution in [2.24, 2.45) is 5.92 Å². The van der Waals surface area contributed by atoms with E-state index in [4.69, 9.17) is 0 Å². The lowest BCUT2D eigenvalue weighted by Gasteiger charge is -2.32. The number of thiophene rings is 1. The van der Waals surface area contributed by atoms with Crippen LogP contribution >= 0.6 is 11.3 Å². The molecule has 1 aromatic carbocycles. The number of nitrogens with one attached hydrogen (secondary N) is 2. The van der Waals surface area contributed by atoms with Crippen molar-refractivity contribution < 1.29 is 9.59 Å². The topological polar surface area (TPSA) is 64.7 Å². The van der Waals surface area contributed by atoms with Crippen LogP contribution in [0.3, 0.4) is 0 Å². The molecule has 0 radical (unpaired) electrons. The molecule has 0 spiro atoms. The van der Waals surface area contributed by atoms with E-state index in [0.29, 0.717) is 25.4 Å². The maximum Gasteiger partial charge on any atom is 0.315 e. The molecule has 2 N–H and O–H groups in total. The Kier molecular flexibility index (Phi) is 8.78. The molecule has 2 aliphatic rings. The lowest BCUT2D eigenvalue weighted by atomic mass is 9.97. The summed E-state index contributed by atoms with van der Waals surface area (Å²) < 4.78 is 0. The zero-order valence-electron chi connectivity index (χ0n) is 19.4. The normalized spacial score (nSPS) is 19.2. The first-order valence-electron chi connectivity index (χ1n) is 12.3. The summed E-state index contributed by atoms with van der Waals surface area (Å²) in [6.45, 7) is 5.19.